The Morgan fingerprint density at radius 2 is 1.94 bits per heavy atom. The van der Waals surface area contributed by atoms with Gasteiger partial charge in [0.1, 0.15) is 16.8 Å². The first-order valence-corrected chi connectivity index (χ1v) is 12.3. The maximum absolute atomic E-state index is 13.5. The zero-order chi connectivity index (χ0) is 25.0. The van der Waals surface area contributed by atoms with Crippen LogP contribution in [0.2, 0.25) is 0 Å². The first-order chi connectivity index (χ1) is 17.4. The lowest BCUT2D eigenvalue weighted by Crippen LogP contribution is -2.46. The van der Waals surface area contributed by atoms with Gasteiger partial charge >= 0.3 is 0 Å². The number of piperidine rings is 1. The molecule has 36 heavy (non-hydrogen) atoms. The van der Waals surface area contributed by atoms with Gasteiger partial charge in [-0.25, -0.2) is 0 Å². The number of benzene rings is 2. The molecule has 0 amide bonds. The third-order valence-corrected chi connectivity index (χ3v) is 8.12. The molecule has 0 radical (unpaired) electrons. The molecule has 2 aliphatic rings. The highest BCUT2D eigenvalue weighted by Gasteiger charge is 2.46. The fourth-order valence-electron chi connectivity index (χ4n) is 5.94. The van der Waals surface area contributed by atoms with Crippen molar-refractivity contribution in [1.82, 2.24) is 19.7 Å². The highest BCUT2D eigenvalue weighted by Crippen LogP contribution is 2.51. The predicted octanol–water partition coefficient (Wildman–Crippen LogP) is 3.57. The number of nitrogens with two attached hydrogens (primary N) is 1. The second-order valence-corrected chi connectivity index (χ2v) is 9.98. The summed E-state index contributed by atoms with van der Waals surface area (Å²) in [6, 6.07) is 16.0. The summed E-state index contributed by atoms with van der Waals surface area (Å²) in [4.78, 5) is 20.5. The number of H-pyrrole nitrogens is 1. The molecule has 0 unspecified atom stereocenters. The Bertz CT molecular complexity index is 1530. The molecule has 3 N–H and O–H groups in total. The largest absolute Gasteiger partial charge is 0.497 e. The van der Waals surface area contributed by atoms with Crippen molar-refractivity contribution in [3.05, 3.63) is 87.8 Å². The summed E-state index contributed by atoms with van der Waals surface area (Å²) in [6.45, 7) is 5.75. The van der Waals surface area contributed by atoms with Crippen molar-refractivity contribution < 1.29 is 4.74 Å². The van der Waals surface area contributed by atoms with E-state index in [1.165, 1.54) is 11.1 Å². The molecular formula is C28H30N6O2. The molecule has 1 spiro atoms. The number of rotatable bonds is 4. The molecule has 1 atom stereocenters. The van der Waals surface area contributed by atoms with E-state index in [0.717, 1.165) is 43.7 Å². The topological polar surface area (TPSA) is 102 Å². The lowest BCUT2D eigenvalue weighted by atomic mass is 9.73. The van der Waals surface area contributed by atoms with Gasteiger partial charge in [0.2, 0.25) is 5.95 Å². The first kappa shape index (κ1) is 22.5. The van der Waals surface area contributed by atoms with Crippen LogP contribution in [0, 0.1) is 5.41 Å². The Hall–Kier alpha value is -3.91. The van der Waals surface area contributed by atoms with Gasteiger partial charge in [-0.3, -0.25) is 14.5 Å². The molecule has 4 aromatic rings. The maximum Gasteiger partial charge on any atom is 0.266 e. The van der Waals surface area contributed by atoms with Gasteiger partial charge in [-0.2, -0.15) is 10.1 Å². The van der Waals surface area contributed by atoms with Crippen LogP contribution >= 0.6 is 0 Å². The van der Waals surface area contributed by atoms with E-state index in [0.29, 0.717) is 28.2 Å². The third kappa shape index (κ3) is 3.36. The molecule has 8 nitrogen and oxygen atoms in total. The minimum Gasteiger partial charge on any atom is -0.497 e. The van der Waals surface area contributed by atoms with E-state index in [1.54, 1.807) is 18.7 Å². The van der Waals surface area contributed by atoms with Crippen LogP contribution in [0.5, 0.6) is 5.75 Å². The Kier molecular flexibility index (Phi) is 5.22. The van der Waals surface area contributed by atoms with Crippen molar-refractivity contribution in [1.29, 1.82) is 0 Å². The van der Waals surface area contributed by atoms with E-state index >= 15 is 0 Å². The average molecular weight is 483 g/mol. The normalized spacial score (nSPS) is 18.5. The number of fused-ring (bicyclic) bond motifs is 2. The molecule has 3 heterocycles. The molecule has 2 aromatic carbocycles. The Labute approximate surface area is 209 Å². The highest BCUT2D eigenvalue weighted by atomic mass is 16.5. The number of aromatic amines is 1. The van der Waals surface area contributed by atoms with E-state index in [4.69, 9.17) is 15.5 Å². The summed E-state index contributed by atoms with van der Waals surface area (Å²) in [6.07, 6.45) is 2.83. The molecule has 1 saturated heterocycles. The number of aromatic nitrogens is 4. The van der Waals surface area contributed by atoms with Gasteiger partial charge in [0.15, 0.2) is 5.65 Å². The lowest BCUT2D eigenvalue weighted by molar-refractivity contribution is 0.186. The van der Waals surface area contributed by atoms with Crippen molar-refractivity contribution in [3.8, 4) is 5.75 Å². The number of hydrogen-bond donors (Lipinski definition) is 2. The third-order valence-electron chi connectivity index (χ3n) is 8.12. The molecule has 2 aromatic heterocycles. The van der Waals surface area contributed by atoms with Crippen molar-refractivity contribution in [2.75, 3.05) is 25.1 Å². The highest BCUT2D eigenvalue weighted by molar-refractivity contribution is 5.92. The maximum atomic E-state index is 13.5. The van der Waals surface area contributed by atoms with Crippen LogP contribution in [0.1, 0.15) is 41.3 Å². The molecule has 0 saturated carbocycles. The smallest absolute Gasteiger partial charge is 0.266 e. The Morgan fingerprint density at radius 3 is 2.67 bits per heavy atom. The molecule has 1 fully saturated rings. The fraction of sp³-hybridized carbons (Fsp3) is 0.321. The first-order valence-electron chi connectivity index (χ1n) is 12.3. The van der Waals surface area contributed by atoms with E-state index in [9.17, 15) is 4.79 Å². The zero-order valence-corrected chi connectivity index (χ0v) is 20.6. The van der Waals surface area contributed by atoms with Crippen LogP contribution in [0.3, 0.4) is 0 Å². The van der Waals surface area contributed by atoms with Gasteiger partial charge in [-0.15, -0.1) is 0 Å². The van der Waals surface area contributed by atoms with Crippen LogP contribution in [-0.4, -0.2) is 39.9 Å². The molecule has 1 aliphatic heterocycles. The van der Waals surface area contributed by atoms with Crippen LogP contribution in [0.4, 0.5) is 5.95 Å². The number of nitrogens with zero attached hydrogens (tertiary/aromatic N) is 4. The van der Waals surface area contributed by atoms with Gasteiger partial charge in [0.25, 0.3) is 5.56 Å². The van der Waals surface area contributed by atoms with Crippen molar-refractivity contribution in [2.45, 2.75) is 25.3 Å². The SMILES string of the molecule is C=C(c1ccccc1)c1n[nH]c2nc(N3CCC4(CC3)Cc3ccc(OC)cc3[C@H]4N)n(C)c(=O)c12. The monoisotopic (exact) mass is 482 g/mol. The summed E-state index contributed by atoms with van der Waals surface area (Å²) in [5.41, 5.74) is 11.8. The molecule has 8 heteroatoms. The standard InChI is InChI=1S/C28H30N6O2/c1-17(18-7-5-4-6-8-18)23-22-25(32-31-23)30-27(33(2)26(22)35)34-13-11-28(12-14-34)16-19-9-10-20(36-3)15-21(19)24(28)29/h4-10,15,24H,1,11-14,16,29H2,2-3H3,(H,31,32)/t24-/m1/s1. The number of anilines is 1. The average Bonchev–Trinajstić information content (AvgIpc) is 3.46. The Balaban J connectivity index is 1.28. The molecule has 6 rings (SSSR count). The fourth-order valence-corrected chi connectivity index (χ4v) is 5.94. The summed E-state index contributed by atoms with van der Waals surface area (Å²) < 4.78 is 7.05. The van der Waals surface area contributed by atoms with E-state index in [2.05, 4.69) is 33.8 Å². The van der Waals surface area contributed by atoms with Crippen LogP contribution in [0.25, 0.3) is 16.6 Å². The van der Waals surface area contributed by atoms with E-state index in [-0.39, 0.29) is 17.0 Å². The van der Waals surface area contributed by atoms with Gasteiger partial charge in [-0.1, -0.05) is 43.0 Å². The molecule has 1 aliphatic carbocycles. The molecule has 184 valence electrons. The number of methoxy groups -OCH3 is 1. The van der Waals surface area contributed by atoms with Crippen molar-refractivity contribution in [3.63, 3.8) is 0 Å². The number of ether oxygens (including phenoxy) is 1. The summed E-state index contributed by atoms with van der Waals surface area (Å²) in [7, 11) is 3.46. The van der Waals surface area contributed by atoms with Crippen molar-refractivity contribution >= 4 is 22.6 Å². The van der Waals surface area contributed by atoms with Gasteiger partial charge < -0.3 is 15.4 Å². The summed E-state index contributed by atoms with van der Waals surface area (Å²) in [5, 5.41) is 7.85. The number of nitrogens with one attached hydrogen (secondary N) is 1. The molecular weight excluding hydrogens is 452 g/mol. The van der Waals surface area contributed by atoms with Gasteiger partial charge in [0, 0.05) is 31.8 Å². The molecule has 0 bridgehead atoms. The van der Waals surface area contributed by atoms with Crippen molar-refractivity contribution in [2.24, 2.45) is 18.2 Å². The van der Waals surface area contributed by atoms with Gasteiger partial charge in [-0.05, 0) is 53.5 Å². The second-order valence-electron chi connectivity index (χ2n) is 9.98. The number of hydrogen-bond acceptors (Lipinski definition) is 6. The summed E-state index contributed by atoms with van der Waals surface area (Å²) in [5.74, 6) is 1.49. The Morgan fingerprint density at radius 1 is 1.19 bits per heavy atom. The van der Waals surface area contributed by atoms with Crippen LogP contribution < -0.4 is 20.9 Å². The quantitative estimate of drug-likeness (QED) is 0.461. The predicted molar refractivity (Wildman–Crippen MR) is 141 cm³/mol. The minimum atomic E-state index is -0.131. The van der Waals surface area contributed by atoms with Gasteiger partial charge in [0.05, 0.1) is 7.11 Å². The summed E-state index contributed by atoms with van der Waals surface area (Å²) >= 11 is 0. The minimum absolute atomic E-state index is 0.0166. The van der Waals surface area contributed by atoms with E-state index < -0.39 is 0 Å². The zero-order valence-electron chi connectivity index (χ0n) is 20.6. The lowest BCUT2D eigenvalue weighted by Gasteiger charge is -2.42. The van der Waals surface area contributed by atoms with E-state index in [1.807, 2.05) is 36.4 Å². The second kappa shape index (κ2) is 8.34. The van der Waals surface area contributed by atoms with Crippen LogP contribution in [0.15, 0.2) is 59.9 Å². The van der Waals surface area contributed by atoms with Crippen LogP contribution in [-0.2, 0) is 13.5 Å².